The Bertz CT molecular complexity index is 588. The van der Waals surface area contributed by atoms with Gasteiger partial charge < -0.3 is 5.11 Å². The Hall–Kier alpha value is -0.570. The van der Waals surface area contributed by atoms with Gasteiger partial charge in [0, 0.05) is 23.5 Å². The lowest BCUT2D eigenvalue weighted by Crippen LogP contribution is -2.68. The standard InChI is InChI=1S/C21H33NO2/c1-13(2)15-7-9-19(3)14-6-10-20-8-4-5-16(20)21(19,11-17(23)24)18(15)22(20)12-14/h13-16,18H,4-12H2,1-3H3,(H,23,24). The van der Waals surface area contributed by atoms with Crippen molar-refractivity contribution in [2.45, 2.75) is 83.7 Å². The highest BCUT2D eigenvalue weighted by Crippen LogP contribution is 2.78. The minimum atomic E-state index is -0.541. The zero-order valence-electron chi connectivity index (χ0n) is 15.6. The number of hydrogen-bond donors (Lipinski definition) is 1. The molecular formula is C21H33NO2. The van der Waals surface area contributed by atoms with Crippen LogP contribution in [0.2, 0.25) is 0 Å². The molecule has 8 unspecified atom stereocenters. The van der Waals surface area contributed by atoms with Crippen LogP contribution in [-0.2, 0) is 4.79 Å². The van der Waals surface area contributed by atoms with Crippen molar-refractivity contribution in [2.24, 2.45) is 34.5 Å². The first kappa shape index (κ1) is 15.7. The molecule has 0 aromatic rings. The van der Waals surface area contributed by atoms with E-state index in [-0.39, 0.29) is 10.8 Å². The van der Waals surface area contributed by atoms with Crippen molar-refractivity contribution >= 4 is 5.97 Å². The van der Waals surface area contributed by atoms with Crippen LogP contribution in [-0.4, -0.2) is 34.1 Å². The van der Waals surface area contributed by atoms with Crippen LogP contribution in [0.5, 0.6) is 0 Å². The maximum atomic E-state index is 12.1. The Labute approximate surface area is 146 Å². The van der Waals surface area contributed by atoms with Crippen LogP contribution in [0.1, 0.15) is 72.1 Å². The summed E-state index contributed by atoms with van der Waals surface area (Å²) in [7, 11) is 0. The van der Waals surface area contributed by atoms with Crippen LogP contribution >= 0.6 is 0 Å². The first-order chi connectivity index (χ1) is 11.4. The molecule has 5 aliphatic rings. The average molecular weight is 332 g/mol. The smallest absolute Gasteiger partial charge is 0.304 e. The van der Waals surface area contributed by atoms with Crippen molar-refractivity contribution < 1.29 is 9.90 Å². The molecule has 3 heteroatoms. The summed E-state index contributed by atoms with van der Waals surface area (Å²) in [6.07, 6.45) is 9.65. The quantitative estimate of drug-likeness (QED) is 0.844. The number of fused-ring (bicyclic) bond motifs is 2. The zero-order chi connectivity index (χ0) is 16.9. The lowest BCUT2D eigenvalue weighted by Gasteiger charge is -2.66. The van der Waals surface area contributed by atoms with Crippen molar-refractivity contribution in [1.82, 2.24) is 4.90 Å². The summed E-state index contributed by atoms with van der Waals surface area (Å²) in [4.78, 5) is 15.0. The maximum Gasteiger partial charge on any atom is 0.304 e. The Morgan fingerprint density at radius 2 is 2.00 bits per heavy atom. The second-order valence-electron chi connectivity index (χ2n) is 10.4. The van der Waals surface area contributed by atoms with E-state index in [9.17, 15) is 9.90 Å². The van der Waals surface area contributed by atoms with Gasteiger partial charge in [-0.05, 0) is 67.6 Å². The van der Waals surface area contributed by atoms with E-state index >= 15 is 0 Å². The third-order valence-corrected chi connectivity index (χ3v) is 9.82. The van der Waals surface area contributed by atoms with Crippen LogP contribution in [0.25, 0.3) is 0 Å². The maximum absolute atomic E-state index is 12.1. The molecule has 2 aliphatic carbocycles. The largest absolute Gasteiger partial charge is 0.481 e. The highest BCUT2D eigenvalue weighted by atomic mass is 16.4. The molecule has 3 nitrogen and oxygen atoms in total. The van der Waals surface area contributed by atoms with Gasteiger partial charge in [-0.15, -0.1) is 0 Å². The average Bonchev–Trinajstić information content (AvgIpc) is 2.97. The van der Waals surface area contributed by atoms with Crippen molar-refractivity contribution in [3.05, 3.63) is 0 Å². The van der Waals surface area contributed by atoms with Gasteiger partial charge in [-0.3, -0.25) is 9.69 Å². The van der Waals surface area contributed by atoms with E-state index in [1.807, 2.05) is 0 Å². The molecule has 2 saturated carbocycles. The topological polar surface area (TPSA) is 40.5 Å². The van der Waals surface area contributed by atoms with E-state index in [2.05, 4.69) is 25.7 Å². The molecule has 5 bridgehead atoms. The second kappa shape index (κ2) is 4.58. The van der Waals surface area contributed by atoms with Gasteiger partial charge in [0.05, 0.1) is 6.42 Å². The van der Waals surface area contributed by atoms with Crippen LogP contribution in [0.3, 0.4) is 0 Å². The fourth-order valence-electron chi connectivity index (χ4n) is 9.08. The van der Waals surface area contributed by atoms with E-state index in [1.165, 1.54) is 51.5 Å². The van der Waals surface area contributed by atoms with Crippen LogP contribution in [0, 0.1) is 34.5 Å². The summed E-state index contributed by atoms with van der Waals surface area (Å²) in [6.45, 7) is 8.54. The predicted octanol–water partition coefficient (Wildman–Crippen LogP) is 4.17. The molecule has 134 valence electrons. The molecule has 24 heavy (non-hydrogen) atoms. The predicted molar refractivity (Wildman–Crippen MR) is 93.6 cm³/mol. The molecule has 0 aromatic heterocycles. The van der Waals surface area contributed by atoms with Crippen LogP contribution in [0.4, 0.5) is 0 Å². The first-order valence-electron chi connectivity index (χ1n) is 10.4. The molecule has 0 aromatic carbocycles. The summed E-state index contributed by atoms with van der Waals surface area (Å²) < 4.78 is 0. The van der Waals surface area contributed by atoms with Gasteiger partial charge in [-0.25, -0.2) is 0 Å². The molecular weight excluding hydrogens is 298 g/mol. The lowest BCUT2D eigenvalue weighted by atomic mass is 9.42. The number of nitrogens with zero attached hydrogens (tertiary/aromatic N) is 1. The number of piperidine rings is 2. The molecule has 3 heterocycles. The van der Waals surface area contributed by atoms with Crippen molar-refractivity contribution in [2.75, 3.05) is 6.54 Å². The van der Waals surface area contributed by atoms with E-state index in [4.69, 9.17) is 0 Å². The molecule has 0 radical (unpaired) electrons. The molecule has 1 spiro atoms. The number of hydrogen-bond acceptors (Lipinski definition) is 2. The molecule has 5 fully saturated rings. The fraction of sp³-hybridized carbons (Fsp3) is 0.952. The SMILES string of the molecule is CC(C)C1CCC2(C)C3CCC45CCCC4C2(CC(=O)O)C1N5C3. The van der Waals surface area contributed by atoms with E-state index in [0.29, 0.717) is 35.8 Å². The Morgan fingerprint density at radius 3 is 2.71 bits per heavy atom. The third-order valence-electron chi connectivity index (χ3n) is 9.82. The molecule has 5 rings (SSSR count). The number of carboxylic acids is 1. The second-order valence-corrected chi connectivity index (χ2v) is 10.4. The molecule has 1 N–H and O–H groups in total. The van der Waals surface area contributed by atoms with Crippen LogP contribution in [0.15, 0.2) is 0 Å². The molecule has 3 aliphatic heterocycles. The molecule has 0 amide bonds. The number of aliphatic carboxylic acids is 1. The van der Waals surface area contributed by atoms with Crippen molar-refractivity contribution in [3.63, 3.8) is 0 Å². The van der Waals surface area contributed by atoms with Crippen molar-refractivity contribution in [3.8, 4) is 0 Å². The Morgan fingerprint density at radius 1 is 1.21 bits per heavy atom. The van der Waals surface area contributed by atoms with Gasteiger partial charge in [-0.2, -0.15) is 0 Å². The van der Waals surface area contributed by atoms with Gasteiger partial charge in [0.1, 0.15) is 0 Å². The minimum absolute atomic E-state index is 0.0436. The summed E-state index contributed by atoms with van der Waals surface area (Å²) in [5, 5.41) is 9.97. The molecule has 8 atom stereocenters. The van der Waals surface area contributed by atoms with E-state index in [0.717, 1.165) is 5.92 Å². The summed E-state index contributed by atoms with van der Waals surface area (Å²) in [6, 6.07) is 0.536. The van der Waals surface area contributed by atoms with E-state index < -0.39 is 5.97 Å². The Balaban J connectivity index is 1.76. The van der Waals surface area contributed by atoms with Gasteiger partial charge in [-0.1, -0.05) is 27.2 Å². The number of carboxylic acid groups (broad SMARTS) is 1. The number of carbonyl (C=O) groups is 1. The summed E-state index contributed by atoms with van der Waals surface area (Å²) in [5.41, 5.74) is 0.666. The van der Waals surface area contributed by atoms with Gasteiger partial charge in [0.2, 0.25) is 0 Å². The van der Waals surface area contributed by atoms with Crippen molar-refractivity contribution in [1.29, 1.82) is 0 Å². The summed E-state index contributed by atoms with van der Waals surface area (Å²) in [5.74, 6) is 2.20. The fourth-order valence-corrected chi connectivity index (χ4v) is 9.08. The molecule has 3 saturated heterocycles. The zero-order valence-corrected chi connectivity index (χ0v) is 15.6. The van der Waals surface area contributed by atoms with Gasteiger partial charge >= 0.3 is 5.97 Å². The number of rotatable bonds is 3. The van der Waals surface area contributed by atoms with E-state index in [1.54, 1.807) is 0 Å². The van der Waals surface area contributed by atoms with Gasteiger partial charge in [0.25, 0.3) is 0 Å². The Kier molecular flexibility index (Phi) is 2.99. The highest BCUT2D eigenvalue weighted by Gasteiger charge is 2.80. The first-order valence-corrected chi connectivity index (χ1v) is 10.4. The monoisotopic (exact) mass is 331 g/mol. The summed E-state index contributed by atoms with van der Waals surface area (Å²) >= 11 is 0. The van der Waals surface area contributed by atoms with Crippen LogP contribution < -0.4 is 0 Å². The third kappa shape index (κ3) is 1.45. The highest BCUT2D eigenvalue weighted by molar-refractivity contribution is 5.69. The lowest BCUT2D eigenvalue weighted by molar-refractivity contribution is -0.189. The van der Waals surface area contributed by atoms with Gasteiger partial charge in [0.15, 0.2) is 0 Å². The minimum Gasteiger partial charge on any atom is -0.481 e. The normalized spacial score (nSPS) is 57.4.